The Balaban J connectivity index is 2.01. The lowest BCUT2D eigenvalue weighted by molar-refractivity contribution is 0.131. The molecule has 0 aliphatic carbocycles. The van der Waals surface area contributed by atoms with E-state index in [1.165, 1.54) is 19.2 Å². The molecule has 24 heavy (non-hydrogen) atoms. The van der Waals surface area contributed by atoms with Crippen molar-refractivity contribution in [3.63, 3.8) is 0 Å². The molecule has 0 unspecified atom stereocenters. The normalized spacial score (nSPS) is 12.0. The van der Waals surface area contributed by atoms with Crippen LogP contribution in [0.25, 0.3) is 0 Å². The SMILES string of the molecule is COc1ccc(S(=O)(=O)NCc2ccc(OC(C)(C)C)cc2)cc1. The van der Waals surface area contributed by atoms with E-state index in [-0.39, 0.29) is 17.0 Å². The monoisotopic (exact) mass is 349 g/mol. The Morgan fingerprint density at radius 2 is 1.46 bits per heavy atom. The molecule has 1 N–H and O–H groups in total. The quantitative estimate of drug-likeness (QED) is 0.868. The molecule has 0 heterocycles. The van der Waals surface area contributed by atoms with Crippen molar-refractivity contribution >= 4 is 10.0 Å². The number of ether oxygens (including phenoxy) is 2. The minimum Gasteiger partial charge on any atom is -0.497 e. The lowest BCUT2D eigenvalue weighted by atomic mass is 10.2. The van der Waals surface area contributed by atoms with Crippen molar-refractivity contribution < 1.29 is 17.9 Å². The molecular formula is C18H23NO4S. The molecule has 0 aromatic heterocycles. The molecule has 0 aliphatic rings. The number of benzene rings is 2. The number of sulfonamides is 1. The van der Waals surface area contributed by atoms with Crippen LogP contribution in [0, 0.1) is 0 Å². The lowest BCUT2D eigenvalue weighted by Gasteiger charge is -2.21. The van der Waals surface area contributed by atoms with Gasteiger partial charge in [-0.2, -0.15) is 0 Å². The van der Waals surface area contributed by atoms with Crippen LogP contribution in [0.5, 0.6) is 11.5 Å². The topological polar surface area (TPSA) is 64.6 Å². The Labute approximate surface area is 143 Å². The van der Waals surface area contributed by atoms with Crippen molar-refractivity contribution in [3.05, 3.63) is 54.1 Å². The molecular weight excluding hydrogens is 326 g/mol. The predicted molar refractivity (Wildman–Crippen MR) is 93.8 cm³/mol. The van der Waals surface area contributed by atoms with Gasteiger partial charge in [-0.15, -0.1) is 0 Å². The van der Waals surface area contributed by atoms with E-state index < -0.39 is 10.0 Å². The minimum atomic E-state index is -3.56. The van der Waals surface area contributed by atoms with Gasteiger partial charge < -0.3 is 9.47 Å². The van der Waals surface area contributed by atoms with Gasteiger partial charge >= 0.3 is 0 Å². The van der Waals surface area contributed by atoms with Crippen LogP contribution in [0.15, 0.2) is 53.4 Å². The van der Waals surface area contributed by atoms with Gasteiger partial charge in [-0.1, -0.05) is 12.1 Å². The van der Waals surface area contributed by atoms with E-state index >= 15 is 0 Å². The summed E-state index contributed by atoms with van der Waals surface area (Å²) in [5.41, 5.74) is 0.589. The van der Waals surface area contributed by atoms with Crippen molar-refractivity contribution in [2.75, 3.05) is 7.11 Å². The molecule has 2 aromatic rings. The summed E-state index contributed by atoms with van der Waals surface area (Å²) in [5, 5.41) is 0. The number of hydrogen-bond acceptors (Lipinski definition) is 4. The summed E-state index contributed by atoms with van der Waals surface area (Å²) in [6, 6.07) is 13.6. The van der Waals surface area contributed by atoms with Crippen molar-refractivity contribution in [2.24, 2.45) is 0 Å². The molecule has 0 spiro atoms. The van der Waals surface area contributed by atoms with Gasteiger partial charge in [0.25, 0.3) is 0 Å². The van der Waals surface area contributed by atoms with Gasteiger partial charge in [-0.25, -0.2) is 13.1 Å². The Morgan fingerprint density at radius 1 is 0.917 bits per heavy atom. The predicted octanol–water partition coefficient (Wildman–Crippen LogP) is 3.35. The van der Waals surface area contributed by atoms with E-state index in [2.05, 4.69) is 4.72 Å². The maximum atomic E-state index is 12.3. The average molecular weight is 349 g/mol. The standard InChI is InChI=1S/C18H23NO4S/c1-18(2,3)23-16-7-5-14(6-8-16)13-19-24(20,21)17-11-9-15(22-4)10-12-17/h5-12,19H,13H2,1-4H3. The third-order valence-corrected chi connectivity index (χ3v) is 4.60. The summed E-state index contributed by atoms with van der Waals surface area (Å²) in [5.74, 6) is 1.37. The third-order valence-electron chi connectivity index (χ3n) is 3.18. The fourth-order valence-corrected chi connectivity index (χ4v) is 3.06. The fraction of sp³-hybridized carbons (Fsp3) is 0.333. The maximum Gasteiger partial charge on any atom is 0.240 e. The summed E-state index contributed by atoms with van der Waals surface area (Å²) < 4.78 is 37.9. The molecule has 0 atom stereocenters. The summed E-state index contributed by atoms with van der Waals surface area (Å²) >= 11 is 0. The van der Waals surface area contributed by atoms with Gasteiger partial charge in [0.1, 0.15) is 17.1 Å². The van der Waals surface area contributed by atoms with Crippen molar-refractivity contribution in [3.8, 4) is 11.5 Å². The zero-order valence-corrected chi connectivity index (χ0v) is 15.2. The molecule has 5 nitrogen and oxygen atoms in total. The van der Waals surface area contributed by atoms with Crippen LogP contribution in [0.4, 0.5) is 0 Å². The number of hydrogen-bond donors (Lipinski definition) is 1. The highest BCUT2D eigenvalue weighted by molar-refractivity contribution is 7.89. The van der Waals surface area contributed by atoms with Crippen molar-refractivity contribution in [1.29, 1.82) is 0 Å². The Morgan fingerprint density at radius 3 is 1.96 bits per heavy atom. The first-order chi connectivity index (χ1) is 11.2. The largest absolute Gasteiger partial charge is 0.497 e. The first-order valence-corrected chi connectivity index (χ1v) is 9.10. The van der Waals surface area contributed by atoms with E-state index in [9.17, 15) is 8.42 Å². The maximum absolute atomic E-state index is 12.3. The fourth-order valence-electron chi connectivity index (χ4n) is 2.05. The van der Waals surface area contributed by atoms with Crippen LogP contribution in [-0.2, 0) is 16.6 Å². The molecule has 130 valence electrons. The molecule has 0 aliphatic heterocycles. The van der Waals surface area contributed by atoms with Crippen LogP contribution in [0.2, 0.25) is 0 Å². The highest BCUT2D eigenvalue weighted by Crippen LogP contribution is 2.19. The van der Waals surface area contributed by atoms with Gasteiger partial charge in [0.2, 0.25) is 10.0 Å². The van der Waals surface area contributed by atoms with Gasteiger partial charge in [0, 0.05) is 6.54 Å². The molecule has 6 heteroatoms. The van der Waals surface area contributed by atoms with Crippen molar-refractivity contribution in [2.45, 2.75) is 37.8 Å². The number of rotatable bonds is 6. The summed E-state index contributed by atoms with van der Waals surface area (Å²) in [6.45, 7) is 6.14. The zero-order valence-electron chi connectivity index (χ0n) is 14.4. The molecule has 0 amide bonds. The highest BCUT2D eigenvalue weighted by Gasteiger charge is 2.14. The first-order valence-electron chi connectivity index (χ1n) is 7.61. The van der Waals surface area contributed by atoms with Crippen LogP contribution in [0.3, 0.4) is 0 Å². The van der Waals surface area contributed by atoms with E-state index in [0.717, 1.165) is 11.3 Å². The van der Waals surface area contributed by atoms with Crippen LogP contribution in [0.1, 0.15) is 26.3 Å². The lowest BCUT2D eigenvalue weighted by Crippen LogP contribution is -2.24. The van der Waals surface area contributed by atoms with E-state index in [1.54, 1.807) is 12.1 Å². The van der Waals surface area contributed by atoms with Gasteiger partial charge in [-0.3, -0.25) is 0 Å². The van der Waals surface area contributed by atoms with E-state index in [0.29, 0.717) is 5.75 Å². The molecule has 0 bridgehead atoms. The molecule has 0 fully saturated rings. The van der Waals surface area contributed by atoms with E-state index in [4.69, 9.17) is 9.47 Å². The van der Waals surface area contributed by atoms with E-state index in [1.807, 2.05) is 45.0 Å². The molecule has 2 aromatic carbocycles. The Bertz CT molecular complexity index is 760. The third kappa shape index (κ3) is 5.25. The van der Waals surface area contributed by atoms with Crippen LogP contribution >= 0.6 is 0 Å². The second-order valence-electron chi connectivity index (χ2n) is 6.36. The molecule has 0 saturated heterocycles. The van der Waals surface area contributed by atoms with Crippen molar-refractivity contribution in [1.82, 2.24) is 4.72 Å². The molecule has 0 radical (unpaired) electrons. The van der Waals surface area contributed by atoms with Gasteiger partial charge in [0.15, 0.2) is 0 Å². The number of methoxy groups -OCH3 is 1. The summed E-state index contributed by atoms with van der Waals surface area (Å²) in [4.78, 5) is 0.205. The van der Waals surface area contributed by atoms with Crippen LogP contribution in [-0.4, -0.2) is 21.1 Å². The molecule has 2 rings (SSSR count). The Hall–Kier alpha value is -2.05. The number of nitrogens with one attached hydrogen (secondary N) is 1. The van der Waals surface area contributed by atoms with Gasteiger partial charge in [0.05, 0.1) is 12.0 Å². The first kappa shape index (κ1) is 18.3. The summed E-state index contributed by atoms with van der Waals surface area (Å²) in [6.07, 6.45) is 0. The van der Waals surface area contributed by atoms with Gasteiger partial charge in [-0.05, 0) is 62.7 Å². The second kappa shape index (κ2) is 7.23. The minimum absolute atomic E-state index is 0.205. The smallest absolute Gasteiger partial charge is 0.240 e. The Kier molecular flexibility index (Phi) is 5.51. The van der Waals surface area contributed by atoms with Crippen LogP contribution < -0.4 is 14.2 Å². The summed E-state index contributed by atoms with van der Waals surface area (Å²) in [7, 11) is -2.02. The highest BCUT2D eigenvalue weighted by atomic mass is 32.2. The zero-order chi connectivity index (χ0) is 17.8. The second-order valence-corrected chi connectivity index (χ2v) is 8.13. The average Bonchev–Trinajstić information content (AvgIpc) is 2.53. The molecule has 0 saturated carbocycles.